The van der Waals surface area contributed by atoms with Crippen molar-refractivity contribution in [2.45, 2.75) is 32.1 Å². The third kappa shape index (κ3) is 3.15. The molecule has 0 heterocycles. The summed E-state index contributed by atoms with van der Waals surface area (Å²) in [4.78, 5) is 23.0. The molecule has 0 bridgehead atoms. The molecule has 1 atom stereocenters. The highest BCUT2D eigenvalue weighted by atomic mass is 16.6. The minimum absolute atomic E-state index is 0.0225. The van der Waals surface area contributed by atoms with E-state index >= 15 is 0 Å². The molecule has 0 spiro atoms. The summed E-state index contributed by atoms with van der Waals surface area (Å²) in [5, 5.41) is 14.0. The molecule has 0 aliphatic heterocycles. The van der Waals surface area contributed by atoms with Gasteiger partial charge in [0.2, 0.25) is 0 Å². The van der Waals surface area contributed by atoms with Gasteiger partial charge in [-0.25, -0.2) is 0 Å². The number of hydrogen-bond acceptors (Lipinski definition) is 3. The fourth-order valence-corrected chi connectivity index (χ4v) is 3.44. The van der Waals surface area contributed by atoms with Gasteiger partial charge in [-0.2, -0.15) is 0 Å². The van der Waals surface area contributed by atoms with Crippen LogP contribution in [0, 0.1) is 17.0 Å². The molecule has 1 aliphatic carbocycles. The zero-order valence-corrected chi connectivity index (χ0v) is 13.6. The smallest absolute Gasteiger partial charge is 0.273 e. The zero-order valence-electron chi connectivity index (χ0n) is 13.6. The maximum Gasteiger partial charge on any atom is 0.273 e. The number of rotatable bonds is 4. The number of nitro groups is 1. The average Bonchev–Trinajstić information content (AvgIpc) is 2.59. The summed E-state index contributed by atoms with van der Waals surface area (Å²) in [7, 11) is 0. The van der Waals surface area contributed by atoms with Gasteiger partial charge in [0, 0.05) is 29.7 Å². The van der Waals surface area contributed by atoms with Gasteiger partial charge < -0.3 is 5.32 Å². The number of carbonyl (C=O) groups is 1. The summed E-state index contributed by atoms with van der Waals surface area (Å²) in [6.45, 7) is 2.17. The summed E-state index contributed by atoms with van der Waals surface area (Å²) in [5.74, 6) is 0.0529. The van der Waals surface area contributed by atoms with E-state index < -0.39 is 4.92 Å². The van der Waals surface area contributed by atoms with Crippen molar-refractivity contribution in [1.29, 1.82) is 0 Å². The summed E-state index contributed by atoms with van der Waals surface area (Å²) in [5.41, 5.74) is 3.41. The molecule has 0 fully saturated rings. The van der Waals surface area contributed by atoms with Crippen LogP contribution in [0.2, 0.25) is 0 Å². The number of amides is 1. The van der Waals surface area contributed by atoms with Gasteiger partial charge in [-0.3, -0.25) is 14.9 Å². The van der Waals surface area contributed by atoms with E-state index in [1.165, 1.54) is 17.2 Å². The van der Waals surface area contributed by atoms with Gasteiger partial charge in [0.1, 0.15) is 0 Å². The van der Waals surface area contributed by atoms with Crippen LogP contribution >= 0.6 is 0 Å². The van der Waals surface area contributed by atoms with E-state index in [9.17, 15) is 14.9 Å². The number of nitrogens with zero attached hydrogens (tertiary/aromatic N) is 1. The zero-order chi connectivity index (χ0) is 17.1. The SMILES string of the molecule is Cc1c(C(=O)NCC2CCCc3ccccc32)cccc1[N+](=O)[O-]. The molecule has 1 amide bonds. The van der Waals surface area contributed by atoms with Crippen molar-refractivity contribution in [2.24, 2.45) is 0 Å². The van der Waals surface area contributed by atoms with Crippen LogP contribution in [0.25, 0.3) is 0 Å². The average molecular weight is 324 g/mol. The topological polar surface area (TPSA) is 72.2 Å². The second-order valence-electron chi connectivity index (χ2n) is 6.20. The second-order valence-corrected chi connectivity index (χ2v) is 6.20. The molecule has 3 rings (SSSR count). The Bertz CT molecular complexity index is 786. The molecular formula is C19H20N2O3. The lowest BCUT2D eigenvalue weighted by molar-refractivity contribution is -0.385. The number of fused-ring (bicyclic) bond motifs is 1. The molecule has 0 saturated heterocycles. The molecule has 0 aromatic heterocycles. The first-order valence-corrected chi connectivity index (χ1v) is 8.18. The molecule has 124 valence electrons. The lowest BCUT2D eigenvalue weighted by Crippen LogP contribution is -2.30. The highest BCUT2D eigenvalue weighted by Gasteiger charge is 2.22. The van der Waals surface area contributed by atoms with Crippen molar-refractivity contribution in [1.82, 2.24) is 5.32 Å². The lowest BCUT2D eigenvalue weighted by Gasteiger charge is -2.25. The van der Waals surface area contributed by atoms with E-state index in [0.29, 0.717) is 23.6 Å². The quantitative estimate of drug-likeness (QED) is 0.687. The van der Waals surface area contributed by atoms with Crippen molar-refractivity contribution >= 4 is 11.6 Å². The van der Waals surface area contributed by atoms with Crippen LogP contribution in [0.5, 0.6) is 0 Å². The van der Waals surface area contributed by atoms with E-state index in [2.05, 4.69) is 17.4 Å². The molecule has 5 nitrogen and oxygen atoms in total. The summed E-state index contributed by atoms with van der Waals surface area (Å²) >= 11 is 0. The molecule has 2 aromatic carbocycles. The van der Waals surface area contributed by atoms with Crippen LogP contribution in [0.1, 0.15) is 45.8 Å². The van der Waals surface area contributed by atoms with Crippen LogP contribution in [0.3, 0.4) is 0 Å². The number of benzene rings is 2. The van der Waals surface area contributed by atoms with Gasteiger partial charge in [0.15, 0.2) is 0 Å². The van der Waals surface area contributed by atoms with Crippen molar-refractivity contribution in [3.05, 3.63) is 74.8 Å². The van der Waals surface area contributed by atoms with Gasteiger partial charge in [-0.1, -0.05) is 30.3 Å². The van der Waals surface area contributed by atoms with Gasteiger partial charge in [-0.15, -0.1) is 0 Å². The predicted octanol–water partition coefficient (Wildman–Crippen LogP) is 3.75. The van der Waals surface area contributed by atoms with Crippen molar-refractivity contribution in [2.75, 3.05) is 6.54 Å². The maximum absolute atomic E-state index is 12.5. The van der Waals surface area contributed by atoms with Gasteiger partial charge >= 0.3 is 0 Å². The highest BCUT2D eigenvalue weighted by Crippen LogP contribution is 2.31. The summed E-state index contributed by atoms with van der Waals surface area (Å²) in [6.07, 6.45) is 3.25. The molecule has 5 heteroatoms. The first-order chi connectivity index (χ1) is 11.6. The Balaban J connectivity index is 1.73. The number of hydrogen-bond donors (Lipinski definition) is 1. The second kappa shape index (κ2) is 6.83. The number of aryl methyl sites for hydroxylation is 1. The number of nitrogens with one attached hydrogen (secondary N) is 1. The third-order valence-corrected chi connectivity index (χ3v) is 4.75. The minimum atomic E-state index is -0.455. The van der Waals surface area contributed by atoms with Gasteiger partial charge in [0.05, 0.1) is 4.92 Å². The molecule has 1 unspecified atom stereocenters. The standard InChI is InChI=1S/C19H20N2O3/c1-13-16(10-5-11-18(13)21(23)24)19(22)20-12-15-8-4-7-14-6-2-3-9-17(14)15/h2-3,5-6,9-11,15H,4,7-8,12H2,1H3,(H,20,22). The monoisotopic (exact) mass is 324 g/mol. The van der Waals surface area contributed by atoms with E-state index in [0.717, 1.165) is 19.3 Å². The highest BCUT2D eigenvalue weighted by molar-refractivity contribution is 5.96. The number of nitro benzene ring substituents is 1. The van der Waals surface area contributed by atoms with Crippen LogP contribution in [0.15, 0.2) is 42.5 Å². The Hall–Kier alpha value is -2.69. The first kappa shape index (κ1) is 16.2. The predicted molar refractivity (Wildman–Crippen MR) is 92.3 cm³/mol. The largest absolute Gasteiger partial charge is 0.351 e. The molecule has 24 heavy (non-hydrogen) atoms. The molecule has 1 N–H and O–H groups in total. The molecule has 0 saturated carbocycles. The minimum Gasteiger partial charge on any atom is -0.351 e. The van der Waals surface area contributed by atoms with Crippen molar-refractivity contribution in [3.63, 3.8) is 0 Å². The van der Waals surface area contributed by atoms with E-state index in [1.54, 1.807) is 19.1 Å². The van der Waals surface area contributed by atoms with E-state index in [-0.39, 0.29) is 11.6 Å². The van der Waals surface area contributed by atoms with Gasteiger partial charge in [0.25, 0.3) is 11.6 Å². The third-order valence-electron chi connectivity index (χ3n) is 4.75. The summed E-state index contributed by atoms with van der Waals surface area (Å²) < 4.78 is 0. The van der Waals surface area contributed by atoms with Crippen molar-refractivity contribution < 1.29 is 9.72 Å². The van der Waals surface area contributed by atoms with Crippen LogP contribution in [-0.2, 0) is 6.42 Å². The molecule has 1 aliphatic rings. The molecule has 0 radical (unpaired) electrons. The maximum atomic E-state index is 12.5. The van der Waals surface area contributed by atoms with Crippen LogP contribution in [0.4, 0.5) is 5.69 Å². The first-order valence-electron chi connectivity index (χ1n) is 8.18. The lowest BCUT2D eigenvalue weighted by atomic mass is 9.83. The Morgan fingerprint density at radius 3 is 2.83 bits per heavy atom. The normalized spacial score (nSPS) is 16.3. The van der Waals surface area contributed by atoms with Gasteiger partial charge in [-0.05, 0) is 43.4 Å². The van der Waals surface area contributed by atoms with Crippen LogP contribution in [-0.4, -0.2) is 17.4 Å². The Morgan fingerprint density at radius 2 is 2.04 bits per heavy atom. The van der Waals surface area contributed by atoms with Crippen LogP contribution < -0.4 is 5.32 Å². The van der Waals surface area contributed by atoms with Crippen molar-refractivity contribution in [3.8, 4) is 0 Å². The molecule has 2 aromatic rings. The van der Waals surface area contributed by atoms with E-state index in [4.69, 9.17) is 0 Å². The Labute approximate surface area is 140 Å². The Kier molecular flexibility index (Phi) is 4.60. The fraction of sp³-hybridized carbons (Fsp3) is 0.316. The number of carbonyl (C=O) groups excluding carboxylic acids is 1. The van der Waals surface area contributed by atoms with E-state index in [1.807, 2.05) is 12.1 Å². The molecular weight excluding hydrogens is 304 g/mol. The Morgan fingerprint density at radius 1 is 1.25 bits per heavy atom. The summed E-state index contributed by atoms with van der Waals surface area (Å²) in [6, 6.07) is 13.0. The fourth-order valence-electron chi connectivity index (χ4n) is 3.44.